The molecule has 0 aliphatic heterocycles. The Kier molecular flexibility index (Phi) is 6.11. The highest BCUT2D eigenvalue weighted by atomic mass is 35.5. The standard InChI is InChI=1S/C9H13ClN2/c1-8(9(2)10)7-12-6-4-5-11-3/h4-5,7,11H,1-2,6H2,3H3/b5-4+,12-7-. The van der Waals surface area contributed by atoms with Crippen molar-refractivity contribution in [3.63, 3.8) is 0 Å². The predicted octanol–water partition coefficient (Wildman–Crippen LogP) is 2.10. The average Bonchev–Trinajstić information content (AvgIpc) is 2.03. The molecule has 0 unspecified atom stereocenters. The van der Waals surface area contributed by atoms with Crippen LogP contribution in [0.1, 0.15) is 0 Å². The molecule has 0 heterocycles. The van der Waals surface area contributed by atoms with Crippen LogP contribution in [0.2, 0.25) is 0 Å². The first-order valence-corrected chi connectivity index (χ1v) is 3.92. The summed E-state index contributed by atoms with van der Waals surface area (Å²) in [4.78, 5) is 4.03. The molecule has 0 aromatic rings. The van der Waals surface area contributed by atoms with Crippen LogP contribution < -0.4 is 5.32 Å². The fourth-order valence-electron chi connectivity index (χ4n) is 0.464. The maximum absolute atomic E-state index is 5.55. The minimum absolute atomic E-state index is 0.427. The van der Waals surface area contributed by atoms with Crippen molar-refractivity contribution in [3.8, 4) is 0 Å². The van der Waals surface area contributed by atoms with Gasteiger partial charge in [-0.15, -0.1) is 0 Å². The van der Waals surface area contributed by atoms with Crippen LogP contribution >= 0.6 is 11.6 Å². The Labute approximate surface area is 78.3 Å². The minimum atomic E-state index is 0.427. The van der Waals surface area contributed by atoms with Crippen LogP contribution in [0.4, 0.5) is 0 Å². The molecule has 0 fully saturated rings. The molecule has 0 spiro atoms. The number of hydrogen-bond donors (Lipinski definition) is 1. The van der Waals surface area contributed by atoms with E-state index in [1.807, 2.05) is 19.3 Å². The third-order valence-corrected chi connectivity index (χ3v) is 1.33. The zero-order chi connectivity index (χ0) is 9.40. The van der Waals surface area contributed by atoms with E-state index >= 15 is 0 Å². The largest absolute Gasteiger partial charge is 0.394 e. The Balaban J connectivity index is 3.69. The molecule has 2 nitrogen and oxygen atoms in total. The summed E-state index contributed by atoms with van der Waals surface area (Å²) in [5.74, 6) is 0. The molecule has 0 saturated heterocycles. The second-order valence-electron chi connectivity index (χ2n) is 2.12. The second-order valence-corrected chi connectivity index (χ2v) is 2.57. The lowest BCUT2D eigenvalue weighted by Crippen LogP contribution is -1.91. The molecule has 0 aliphatic rings. The van der Waals surface area contributed by atoms with Gasteiger partial charge in [-0.05, 0) is 12.3 Å². The average molecular weight is 185 g/mol. The topological polar surface area (TPSA) is 24.4 Å². The molecule has 1 N–H and O–H groups in total. The lowest BCUT2D eigenvalue weighted by Gasteiger charge is -1.91. The summed E-state index contributed by atoms with van der Waals surface area (Å²) in [6.45, 7) is 7.78. The normalized spacial score (nSPS) is 10.8. The van der Waals surface area contributed by atoms with Crippen molar-refractivity contribution in [2.24, 2.45) is 4.99 Å². The van der Waals surface area contributed by atoms with Crippen LogP contribution in [0.5, 0.6) is 0 Å². The Morgan fingerprint density at radius 3 is 2.75 bits per heavy atom. The molecule has 66 valence electrons. The monoisotopic (exact) mass is 184 g/mol. The number of rotatable bonds is 5. The molecule has 0 aromatic heterocycles. The molecular formula is C9H13ClN2. The number of aliphatic imine (C=N–C) groups is 1. The van der Waals surface area contributed by atoms with Crippen LogP contribution in [0.25, 0.3) is 0 Å². The minimum Gasteiger partial charge on any atom is -0.394 e. The Morgan fingerprint density at radius 2 is 2.25 bits per heavy atom. The summed E-state index contributed by atoms with van der Waals surface area (Å²) >= 11 is 5.55. The van der Waals surface area contributed by atoms with E-state index in [0.29, 0.717) is 17.2 Å². The molecule has 0 atom stereocenters. The van der Waals surface area contributed by atoms with Crippen molar-refractivity contribution in [2.75, 3.05) is 13.6 Å². The second kappa shape index (κ2) is 6.68. The van der Waals surface area contributed by atoms with Crippen LogP contribution in [-0.4, -0.2) is 19.8 Å². The third-order valence-electron chi connectivity index (χ3n) is 1.09. The summed E-state index contributed by atoms with van der Waals surface area (Å²) in [5.41, 5.74) is 0.648. The molecule has 12 heavy (non-hydrogen) atoms. The fraction of sp³-hybridized carbons (Fsp3) is 0.222. The number of allylic oxidation sites excluding steroid dienone is 2. The molecule has 0 saturated carbocycles. The van der Waals surface area contributed by atoms with Crippen molar-refractivity contribution in [1.82, 2.24) is 5.32 Å². The summed E-state index contributed by atoms with van der Waals surface area (Å²) in [5, 5.41) is 3.29. The van der Waals surface area contributed by atoms with Gasteiger partial charge >= 0.3 is 0 Å². The highest BCUT2D eigenvalue weighted by molar-refractivity contribution is 6.33. The maximum Gasteiger partial charge on any atom is 0.0587 e. The van der Waals surface area contributed by atoms with Gasteiger partial charge in [0.25, 0.3) is 0 Å². The molecule has 3 heteroatoms. The highest BCUT2D eigenvalue weighted by Crippen LogP contribution is 2.05. The van der Waals surface area contributed by atoms with Gasteiger partial charge in [-0.3, -0.25) is 4.99 Å². The molecule has 0 rings (SSSR count). The first-order valence-electron chi connectivity index (χ1n) is 3.54. The smallest absolute Gasteiger partial charge is 0.0587 e. The SMILES string of the molecule is C=C(Cl)C(=C)/C=N\C/C=C/NC. The molecule has 0 aliphatic carbocycles. The van der Waals surface area contributed by atoms with Gasteiger partial charge in [0.2, 0.25) is 0 Å². The summed E-state index contributed by atoms with van der Waals surface area (Å²) in [6, 6.07) is 0. The Bertz CT molecular complexity index is 217. The van der Waals surface area contributed by atoms with Gasteiger partial charge in [0.15, 0.2) is 0 Å². The summed E-state index contributed by atoms with van der Waals surface area (Å²) in [6.07, 6.45) is 5.31. The summed E-state index contributed by atoms with van der Waals surface area (Å²) < 4.78 is 0. The van der Waals surface area contributed by atoms with E-state index in [9.17, 15) is 0 Å². The van der Waals surface area contributed by atoms with Crippen LogP contribution in [0.15, 0.2) is 41.0 Å². The quantitative estimate of drug-likeness (QED) is 0.514. The Morgan fingerprint density at radius 1 is 1.58 bits per heavy atom. The first-order chi connectivity index (χ1) is 5.68. The van der Waals surface area contributed by atoms with E-state index < -0.39 is 0 Å². The molecule has 0 radical (unpaired) electrons. The maximum atomic E-state index is 5.55. The van der Waals surface area contributed by atoms with Gasteiger partial charge in [0, 0.05) is 23.9 Å². The van der Waals surface area contributed by atoms with E-state index in [1.54, 1.807) is 6.21 Å². The predicted molar refractivity (Wildman–Crippen MR) is 55.7 cm³/mol. The van der Waals surface area contributed by atoms with Crippen molar-refractivity contribution in [2.45, 2.75) is 0 Å². The first kappa shape index (κ1) is 11.0. The van der Waals surface area contributed by atoms with Crippen molar-refractivity contribution in [3.05, 3.63) is 36.0 Å². The zero-order valence-corrected chi connectivity index (χ0v) is 7.93. The lowest BCUT2D eigenvalue weighted by atomic mass is 10.3. The number of hydrogen-bond acceptors (Lipinski definition) is 2. The van der Waals surface area contributed by atoms with Gasteiger partial charge in [0.1, 0.15) is 0 Å². The van der Waals surface area contributed by atoms with Crippen LogP contribution in [0.3, 0.4) is 0 Å². The van der Waals surface area contributed by atoms with E-state index in [4.69, 9.17) is 11.6 Å². The van der Waals surface area contributed by atoms with Gasteiger partial charge in [0.05, 0.1) is 6.54 Å². The third kappa shape index (κ3) is 5.74. The van der Waals surface area contributed by atoms with Crippen molar-refractivity contribution >= 4 is 17.8 Å². The van der Waals surface area contributed by atoms with Crippen LogP contribution in [0, 0.1) is 0 Å². The van der Waals surface area contributed by atoms with Gasteiger partial charge < -0.3 is 5.32 Å². The number of nitrogens with zero attached hydrogens (tertiary/aromatic N) is 1. The molecule has 0 bridgehead atoms. The van der Waals surface area contributed by atoms with Gasteiger partial charge in [-0.1, -0.05) is 24.8 Å². The van der Waals surface area contributed by atoms with Crippen LogP contribution in [-0.2, 0) is 0 Å². The van der Waals surface area contributed by atoms with Crippen molar-refractivity contribution in [1.29, 1.82) is 0 Å². The van der Waals surface area contributed by atoms with Crippen molar-refractivity contribution < 1.29 is 0 Å². The van der Waals surface area contributed by atoms with Gasteiger partial charge in [-0.25, -0.2) is 0 Å². The summed E-state index contributed by atoms with van der Waals surface area (Å²) in [7, 11) is 1.83. The number of nitrogens with one attached hydrogen (secondary N) is 1. The van der Waals surface area contributed by atoms with Gasteiger partial charge in [-0.2, -0.15) is 0 Å². The number of halogens is 1. The van der Waals surface area contributed by atoms with E-state index in [1.165, 1.54) is 0 Å². The van der Waals surface area contributed by atoms with E-state index in [0.717, 1.165) is 0 Å². The highest BCUT2D eigenvalue weighted by Gasteiger charge is 1.88. The zero-order valence-electron chi connectivity index (χ0n) is 7.18. The Hall–Kier alpha value is -1.02. The molecular weight excluding hydrogens is 172 g/mol. The molecule has 0 amide bonds. The molecule has 0 aromatic carbocycles. The lowest BCUT2D eigenvalue weighted by molar-refractivity contribution is 1.08. The van der Waals surface area contributed by atoms with E-state index in [-0.39, 0.29) is 0 Å². The fourth-order valence-corrected chi connectivity index (χ4v) is 0.513. The van der Waals surface area contributed by atoms with E-state index in [2.05, 4.69) is 23.5 Å².